The second kappa shape index (κ2) is 13.7. The summed E-state index contributed by atoms with van der Waals surface area (Å²) < 4.78 is 5.00. The molecule has 6 heteroatoms. The number of ketones is 1. The molecule has 1 heterocycles. The number of rotatable bonds is 5. The molecule has 1 aromatic rings. The van der Waals surface area contributed by atoms with Crippen molar-refractivity contribution in [1.29, 1.82) is 0 Å². The molecule has 0 amide bonds. The van der Waals surface area contributed by atoms with E-state index in [1.54, 1.807) is 0 Å². The molecule has 1 aromatic heterocycles. The van der Waals surface area contributed by atoms with Gasteiger partial charge in [0.15, 0.2) is 11.6 Å². The standard InChI is InChI=1S/C6H10N4O2.2C2H6/c1-5(11)4-12-3-2-6-7-9-10-8-6;2*1-2/h2-4H2,1H3,(H,7,8,9,10);2*1-2H3. The highest BCUT2D eigenvalue weighted by molar-refractivity contribution is 5.76. The van der Waals surface area contributed by atoms with Crippen molar-refractivity contribution < 1.29 is 9.53 Å². The van der Waals surface area contributed by atoms with Crippen LogP contribution in [0.1, 0.15) is 40.4 Å². The highest BCUT2D eigenvalue weighted by Crippen LogP contribution is 1.86. The molecule has 0 aliphatic heterocycles. The zero-order valence-electron chi connectivity index (χ0n) is 10.8. The summed E-state index contributed by atoms with van der Waals surface area (Å²) in [4.78, 5) is 10.4. The minimum absolute atomic E-state index is 0.0168. The molecule has 0 unspecified atom stereocenters. The normalized spacial score (nSPS) is 8.31. The van der Waals surface area contributed by atoms with Crippen LogP contribution in [0.3, 0.4) is 0 Å². The number of nitrogens with one attached hydrogen (secondary N) is 1. The summed E-state index contributed by atoms with van der Waals surface area (Å²) in [6.07, 6.45) is 0.573. The number of nitrogens with zero attached hydrogens (tertiary/aromatic N) is 3. The molecule has 1 rings (SSSR count). The molecule has 0 aromatic carbocycles. The van der Waals surface area contributed by atoms with E-state index in [1.165, 1.54) is 6.92 Å². The molecular weight excluding hydrogens is 208 g/mol. The third kappa shape index (κ3) is 10.8. The van der Waals surface area contributed by atoms with Crippen molar-refractivity contribution in [3.63, 3.8) is 0 Å². The van der Waals surface area contributed by atoms with Crippen molar-refractivity contribution in [3.8, 4) is 0 Å². The number of Topliss-reactive ketones (excluding diaryl/α,β-unsaturated/α-hetero) is 1. The fraction of sp³-hybridized carbons (Fsp3) is 0.800. The maximum Gasteiger partial charge on any atom is 0.176 e. The van der Waals surface area contributed by atoms with Crippen LogP contribution in [0.5, 0.6) is 0 Å². The zero-order valence-corrected chi connectivity index (χ0v) is 10.8. The first-order chi connectivity index (χ1) is 7.79. The summed E-state index contributed by atoms with van der Waals surface area (Å²) >= 11 is 0. The van der Waals surface area contributed by atoms with Crippen LogP contribution in [0.25, 0.3) is 0 Å². The Morgan fingerprint density at radius 2 is 1.94 bits per heavy atom. The Kier molecular flexibility index (Phi) is 14.6. The first-order valence-corrected chi connectivity index (χ1v) is 5.58. The summed E-state index contributed by atoms with van der Waals surface area (Å²) in [6.45, 7) is 10.1. The molecule has 94 valence electrons. The van der Waals surface area contributed by atoms with Crippen LogP contribution in [-0.2, 0) is 16.0 Å². The van der Waals surface area contributed by atoms with Crippen molar-refractivity contribution in [2.45, 2.75) is 41.0 Å². The van der Waals surface area contributed by atoms with E-state index in [0.717, 1.165) is 0 Å². The SMILES string of the molecule is CC.CC.CC(=O)COCCc1nn[nH]n1. The van der Waals surface area contributed by atoms with Crippen LogP contribution in [0, 0.1) is 0 Å². The Balaban J connectivity index is 0. The smallest absolute Gasteiger partial charge is 0.176 e. The molecule has 0 saturated heterocycles. The van der Waals surface area contributed by atoms with E-state index in [4.69, 9.17) is 4.74 Å². The summed E-state index contributed by atoms with van der Waals surface area (Å²) in [5.41, 5.74) is 0. The van der Waals surface area contributed by atoms with Crippen LogP contribution < -0.4 is 0 Å². The van der Waals surface area contributed by atoms with Crippen molar-refractivity contribution in [3.05, 3.63) is 5.82 Å². The van der Waals surface area contributed by atoms with Crippen molar-refractivity contribution in [2.75, 3.05) is 13.2 Å². The number of ether oxygens (including phenoxy) is 1. The van der Waals surface area contributed by atoms with Gasteiger partial charge in [0.1, 0.15) is 6.61 Å². The lowest BCUT2D eigenvalue weighted by Crippen LogP contribution is -2.07. The Labute approximate surface area is 96.8 Å². The minimum Gasteiger partial charge on any atom is -0.373 e. The largest absolute Gasteiger partial charge is 0.373 e. The van der Waals surface area contributed by atoms with Gasteiger partial charge in [0.05, 0.1) is 6.61 Å². The number of carbonyl (C=O) groups excluding carboxylic acids is 1. The Morgan fingerprint density at radius 1 is 1.31 bits per heavy atom. The van der Waals surface area contributed by atoms with Gasteiger partial charge in [-0.25, -0.2) is 0 Å². The number of hydrogen-bond donors (Lipinski definition) is 1. The molecule has 0 spiro atoms. The molecule has 0 atom stereocenters. The second-order valence-electron chi connectivity index (χ2n) is 2.33. The molecule has 6 nitrogen and oxygen atoms in total. The molecule has 16 heavy (non-hydrogen) atoms. The maximum atomic E-state index is 10.4. The van der Waals surface area contributed by atoms with Crippen LogP contribution in [0.2, 0.25) is 0 Å². The van der Waals surface area contributed by atoms with Gasteiger partial charge in [-0.15, -0.1) is 10.2 Å². The van der Waals surface area contributed by atoms with Gasteiger partial charge in [-0.2, -0.15) is 5.21 Å². The lowest BCUT2D eigenvalue weighted by molar-refractivity contribution is -0.121. The number of tetrazole rings is 1. The van der Waals surface area contributed by atoms with E-state index in [9.17, 15) is 4.79 Å². The van der Waals surface area contributed by atoms with Crippen molar-refractivity contribution in [2.24, 2.45) is 0 Å². The van der Waals surface area contributed by atoms with E-state index in [2.05, 4.69) is 20.6 Å². The molecule has 0 aliphatic rings. The van der Waals surface area contributed by atoms with Crippen LogP contribution in [0.4, 0.5) is 0 Å². The third-order valence-electron chi connectivity index (χ3n) is 1.16. The van der Waals surface area contributed by atoms with Crippen LogP contribution >= 0.6 is 0 Å². The fourth-order valence-electron chi connectivity index (χ4n) is 0.668. The van der Waals surface area contributed by atoms with E-state index in [1.807, 2.05) is 27.7 Å². The first-order valence-electron chi connectivity index (χ1n) is 5.58. The molecule has 0 saturated carbocycles. The number of H-pyrrole nitrogens is 1. The average Bonchev–Trinajstić information content (AvgIpc) is 2.83. The van der Waals surface area contributed by atoms with Gasteiger partial charge < -0.3 is 4.74 Å². The molecule has 0 aliphatic carbocycles. The van der Waals surface area contributed by atoms with Gasteiger partial charge in [0, 0.05) is 6.42 Å². The van der Waals surface area contributed by atoms with E-state index in [-0.39, 0.29) is 12.4 Å². The lowest BCUT2D eigenvalue weighted by Gasteiger charge is -1.96. The predicted octanol–water partition coefficient (Wildman–Crippen LogP) is 1.40. The third-order valence-corrected chi connectivity index (χ3v) is 1.16. The highest BCUT2D eigenvalue weighted by atomic mass is 16.5. The number of hydrogen-bond acceptors (Lipinski definition) is 5. The van der Waals surface area contributed by atoms with Gasteiger partial charge in [0.25, 0.3) is 0 Å². The maximum absolute atomic E-state index is 10.4. The Morgan fingerprint density at radius 3 is 2.38 bits per heavy atom. The zero-order chi connectivity index (χ0) is 12.8. The Hall–Kier alpha value is -1.30. The Bertz CT molecular complexity index is 237. The van der Waals surface area contributed by atoms with Gasteiger partial charge >= 0.3 is 0 Å². The van der Waals surface area contributed by atoms with Crippen molar-refractivity contribution in [1.82, 2.24) is 20.6 Å². The molecule has 0 fully saturated rings. The first kappa shape index (κ1) is 17.1. The van der Waals surface area contributed by atoms with Gasteiger partial charge in [-0.3, -0.25) is 4.79 Å². The monoisotopic (exact) mass is 230 g/mol. The highest BCUT2D eigenvalue weighted by Gasteiger charge is 1.98. The fourth-order valence-corrected chi connectivity index (χ4v) is 0.668. The number of carbonyl (C=O) groups is 1. The van der Waals surface area contributed by atoms with E-state index < -0.39 is 0 Å². The van der Waals surface area contributed by atoms with E-state index >= 15 is 0 Å². The van der Waals surface area contributed by atoms with Crippen molar-refractivity contribution >= 4 is 5.78 Å². The molecule has 0 bridgehead atoms. The van der Waals surface area contributed by atoms with Crippen LogP contribution in [0.15, 0.2) is 0 Å². The topological polar surface area (TPSA) is 80.8 Å². The number of aromatic nitrogens is 4. The summed E-state index contributed by atoms with van der Waals surface area (Å²) in [5.74, 6) is 0.613. The second-order valence-corrected chi connectivity index (χ2v) is 2.33. The van der Waals surface area contributed by atoms with Gasteiger partial charge in [-0.05, 0) is 6.92 Å². The average molecular weight is 230 g/mol. The summed E-state index contributed by atoms with van der Waals surface area (Å²) in [5, 5.41) is 13.1. The van der Waals surface area contributed by atoms with Gasteiger partial charge in [-0.1, -0.05) is 32.9 Å². The summed E-state index contributed by atoms with van der Waals surface area (Å²) in [7, 11) is 0. The predicted molar refractivity (Wildman–Crippen MR) is 62.1 cm³/mol. The van der Waals surface area contributed by atoms with E-state index in [0.29, 0.717) is 18.9 Å². The summed E-state index contributed by atoms with van der Waals surface area (Å²) in [6, 6.07) is 0. The molecule has 0 radical (unpaired) electrons. The minimum atomic E-state index is 0.0168. The lowest BCUT2D eigenvalue weighted by atomic mass is 10.4. The molecule has 1 N–H and O–H groups in total. The number of aromatic amines is 1. The van der Waals surface area contributed by atoms with Gasteiger partial charge in [0.2, 0.25) is 0 Å². The van der Waals surface area contributed by atoms with Crippen LogP contribution in [-0.4, -0.2) is 39.6 Å². The quantitative estimate of drug-likeness (QED) is 0.773. The molecular formula is C10H22N4O2.